The molecule has 30 heavy (non-hydrogen) atoms. The number of nitriles is 1. The molecule has 2 aromatic heterocycles. The number of aliphatic hydroxyl groups is 1. The first kappa shape index (κ1) is 18.3. The van der Waals surface area contributed by atoms with E-state index < -0.39 is 11.6 Å². The van der Waals surface area contributed by atoms with E-state index in [1.54, 1.807) is 31.2 Å². The first-order valence-electron chi connectivity index (χ1n) is 9.51. The van der Waals surface area contributed by atoms with E-state index in [0.717, 1.165) is 0 Å². The van der Waals surface area contributed by atoms with E-state index in [4.69, 9.17) is 14.5 Å². The van der Waals surface area contributed by atoms with Crippen molar-refractivity contribution in [3.8, 4) is 23.2 Å². The van der Waals surface area contributed by atoms with Crippen molar-refractivity contribution in [1.29, 1.82) is 5.26 Å². The molecule has 0 fully saturated rings. The normalized spacial score (nSPS) is 18.9. The van der Waals surface area contributed by atoms with Crippen molar-refractivity contribution in [3.05, 3.63) is 56.9 Å². The average Bonchev–Trinajstić information content (AvgIpc) is 3.13. The summed E-state index contributed by atoms with van der Waals surface area (Å²) in [5.74, 6) is -0.240. The molecule has 1 atom stereocenters. The minimum Gasteiger partial charge on any atom is -0.496 e. The topological polar surface area (TPSA) is 114 Å². The SMILES string of the molecule is CCC1(O)C(=O)OCc2c1cc1n(c2=O)Cc2c-1nc1cccc(OC)c1c2C#N. The van der Waals surface area contributed by atoms with Gasteiger partial charge in [0.25, 0.3) is 5.56 Å². The van der Waals surface area contributed by atoms with Gasteiger partial charge in [0.15, 0.2) is 5.60 Å². The van der Waals surface area contributed by atoms with Gasteiger partial charge < -0.3 is 19.1 Å². The van der Waals surface area contributed by atoms with Crippen LogP contribution in [-0.2, 0) is 28.3 Å². The second-order valence-electron chi connectivity index (χ2n) is 7.38. The monoisotopic (exact) mass is 403 g/mol. The smallest absolute Gasteiger partial charge is 0.343 e. The highest BCUT2D eigenvalue weighted by Gasteiger charge is 2.45. The van der Waals surface area contributed by atoms with Crippen molar-refractivity contribution in [1.82, 2.24) is 9.55 Å². The quantitative estimate of drug-likeness (QED) is 0.509. The van der Waals surface area contributed by atoms with Gasteiger partial charge in [-0.3, -0.25) is 4.79 Å². The number of rotatable bonds is 2. The number of hydrogen-bond acceptors (Lipinski definition) is 7. The molecule has 0 saturated heterocycles. The lowest BCUT2D eigenvalue weighted by Gasteiger charge is -2.31. The van der Waals surface area contributed by atoms with Crippen molar-refractivity contribution in [2.24, 2.45) is 0 Å². The van der Waals surface area contributed by atoms with Crippen LogP contribution in [0.15, 0.2) is 29.1 Å². The fourth-order valence-corrected chi connectivity index (χ4v) is 4.39. The lowest BCUT2D eigenvalue weighted by atomic mass is 9.86. The molecule has 3 aromatic rings. The van der Waals surface area contributed by atoms with Crippen molar-refractivity contribution in [3.63, 3.8) is 0 Å². The van der Waals surface area contributed by atoms with Crippen LogP contribution in [0.5, 0.6) is 5.75 Å². The zero-order chi connectivity index (χ0) is 21.2. The maximum atomic E-state index is 13.2. The van der Waals surface area contributed by atoms with Crippen molar-refractivity contribution in [2.75, 3.05) is 7.11 Å². The predicted octanol–water partition coefficient (Wildman–Crippen LogP) is 1.96. The number of carbonyl (C=O) groups excluding carboxylic acids is 1. The number of fused-ring (bicyclic) bond motifs is 5. The summed E-state index contributed by atoms with van der Waals surface area (Å²) in [5, 5.41) is 21.4. The number of aromatic nitrogens is 2. The molecule has 0 aliphatic carbocycles. The molecule has 150 valence electrons. The minimum absolute atomic E-state index is 0.0698. The number of ether oxygens (including phenoxy) is 2. The van der Waals surface area contributed by atoms with Gasteiger partial charge in [0.1, 0.15) is 18.4 Å². The molecule has 2 aliphatic heterocycles. The molecule has 2 aliphatic rings. The van der Waals surface area contributed by atoms with E-state index >= 15 is 0 Å². The summed E-state index contributed by atoms with van der Waals surface area (Å²) in [4.78, 5) is 30.2. The number of methoxy groups -OCH3 is 1. The van der Waals surface area contributed by atoms with Crippen LogP contribution in [0.1, 0.15) is 35.6 Å². The van der Waals surface area contributed by atoms with Gasteiger partial charge in [-0.1, -0.05) is 13.0 Å². The molecule has 0 saturated carbocycles. The van der Waals surface area contributed by atoms with Crippen molar-refractivity contribution >= 4 is 16.9 Å². The summed E-state index contributed by atoms with van der Waals surface area (Å²) in [5.41, 5.74) is 0.776. The third-order valence-electron chi connectivity index (χ3n) is 6.01. The number of hydrogen-bond donors (Lipinski definition) is 1. The molecule has 8 heteroatoms. The van der Waals surface area contributed by atoms with Gasteiger partial charge in [-0.05, 0) is 24.6 Å². The highest BCUT2D eigenvalue weighted by atomic mass is 16.6. The molecule has 0 radical (unpaired) electrons. The van der Waals surface area contributed by atoms with Crippen molar-refractivity contribution < 1.29 is 19.4 Å². The Labute approximate surface area is 170 Å². The molecule has 0 bridgehead atoms. The number of cyclic esters (lactones) is 1. The summed E-state index contributed by atoms with van der Waals surface area (Å²) in [6, 6.07) is 9.19. The molecular formula is C22H17N3O5. The summed E-state index contributed by atoms with van der Waals surface area (Å²) in [6.45, 7) is 1.63. The maximum Gasteiger partial charge on any atom is 0.343 e. The Balaban J connectivity index is 1.86. The van der Waals surface area contributed by atoms with Gasteiger partial charge >= 0.3 is 5.97 Å². The first-order chi connectivity index (χ1) is 14.4. The van der Waals surface area contributed by atoms with Crippen LogP contribution >= 0.6 is 0 Å². The highest BCUT2D eigenvalue weighted by Crippen LogP contribution is 2.41. The molecule has 5 rings (SSSR count). The molecular weight excluding hydrogens is 386 g/mol. The molecule has 1 unspecified atom stereocenters. The third kappa shape index (κ3) is 2.15. The van der Waals surface area contributed by atoms with Gasteiger partial charge in [-0.15, -0.1) is 0 Å². The summed E-state index contributed by atoms with van der Waals surface area (Å²) < 4.78 is 12.0. The molecule has 0 spiro atoms. The third-order valence-corrected chi connectivity index (χ3v) is 6.01. The Morgan fingerprint density at radius 2 is 2.17 bits per heavy atom. The lowest BCUT2D eigenvalue weighted by molar-refractivity contribution is -0.172. The fourth-order valence-electron chi connectivity index (χ4n) is 4.39. The Morgan fingerprint density at radius 3 is 2.87 bits per heavy atom. The molecule has 8 nitrogen and oxygen atoms in total. The van der Waals surface area contributed by atoms with E-state index in [0.29, 0.717) is 39.2 Å². The van der Waals surface area contributed by atoms with Gasteiger partial charge in [-0.25, -0.2) is 9.78 Å². The second-order valence-corrected chi connectivity index (χ2v) is 7.38. The second kappa shape index (κ2) is 6.15. The standard InChI is InChI=1S/C22H17N3O5/c1-3-22(28)14-7-16-19-12(9-25(16)20(26)13(14)10-30-21(22)27)11(8-23)18-15(24-19)5-4-6-17(18)29-2/h4-7,28H,3,9-10H2,1-2H3. The van der Waals surface area contributed by atoms with Crippen LogP contribution in [0.4, 0.5) is 0 Å². The minimum atomic E-state index is -1.89. The Bertz CT molecular complexity index is 1370. The van der Waals surface area contributed by atoms with Crippen molar-refractivity contribution in [2.45, 2.75) is 32.1 Å². The van der Waals surface area contributed by atoms with Crippen LogP contribution in [0.2, 0.25) is 0 Å². The van der Waals surface area contributed by atoms with E-state index in [-0.39, 0.29) is 36.3 Å². The van der Waals surface area contributed by atoms with Crippen LogP contribution in [0.3, 0.4) is 0 Å². The summed E-state index contributed by atoms with van der Waals surface area (Å²) in [6.07, 6.45) is 0.0698. The van der Waals surface area contributed by atoms with Gasteiger partial charge in [-0.2, -0.15) is 5.26 Å². The summed E-state index contributed by atoms with van der Waals surface area (Å²) >= 11 is 0. The number of pyridine rings is 2. The highest BCUT2D eigenvalue weighted by molar-refractivity contribution is 5.95. The lowest BCUT2D eigenvalue weighted by Crippen LogP contribution is -2.44. The van der Waals surface area contributed by atoms with E-state index in [1.807, 2.05) is 0 Å². The molecule has 4 heterocycles. The Morgan fingerprint density at radius 1 is 1.37 bits per heavy atom. The fraction of sp³-hybridized carbons (Fsp3) is 0.273. The average molecular weight is 403 g/mol. The zero-order valence-corrected chi connectivity index (χ0v) is 16.4. The first-order valence-corrected chi connectivity index (χ1v) is 9.51. The predicted molar refractivity (Wildman–Crippen MR) is 106 cm³/mol. The van der Waals surface area contributed by atoms with Gasteiger partial charge in [0.2, 0.25) is 0 Å². The maximum absolute atomic E-state index is 13.2. The molecule has 1 aromatic carbocycles. The Kier molecular flexibility index (Phi) is 3.76. The van der Waals surface area contributed by atoms with E-state index in [2.05, 4.69) is 6.07 Å². The van der Waals surface area contributed by atoms with Crippen LogP contribution in [0, 0.1) is 11.3 Å². The zero-order valence-electron chi connectivity index (χ0n) is 16.4. The van der Waals surface area contributed by atoms with E-state index in [9.17, 15) is 20.0 Å². The van der Waals surface area contributed by atoms with Crippen LogP contribution < -0.4 is 10.3 Å². The molecule has 1 N–H and O–H groups in total. The number of esters is 1. The largest absolute Gasteiger partial charge is 0.496 e. The Hall–Kier alpha value is -3.70. The van der Waals surface area contributed by atoms with Gasteiger partial charge in [0.05, 0.1) is 47.1 Å². The van der Waals surface area contributed by atoms with Gasteiger partial charge in [0, 0.05) is 11.1 Å². The number of benzene rings is 1. The molecule has 0 amide bonds. The van der Waals surface area contributed by atoms with Crippen LogP contribution in [-0.4, -0.2) is 27.7 Å². The van der Waals surface area contributed by atoms with Crippen LogP contribution in [0.25, 0.3) is 22.3 Å². The number of carbonyl (C=O) groups is 1. The van der Waals surface area contributed by atoms with E-state index in [1.165, 1.54) is 11.7 Å². The summed E-state index contributed by atoms with van der Waals surface area (Å²) in [7, 11) is 1.53. The number of nitrogens with zero attached hydrogens (tertiary/aromatic N) is 3.